The molecule has 2 aromatic heterocycles. The predicted octanol–water partition coefficient (Wildman–Crippen LogP) is 1.15. The molecule has 8 rings (SSSR count). The lowest BCUT2D eigenvalue weighted by Gasteiger charge is -2.40. The van der Waals surface area contributed by atoms with Gasteiger partial charge in [0.05, 0.1) is 15.6 Å². The van der Waals surface area contributed by atoms with Crippen LogP contribution < -0.4 is 21.3 Å². The maximum Gasteiger partial charge on any atom is 0.332 e. The summed E-state index contributed by atoms with van der Waals surface area (Å²) in [5.41, 5.74) is -3.59. The van der Waals surface area contributed by atoms with Crippen molar-refractivity contribution in [3.8, 4) is 11.5 Å². The minimum Gasteiger partial charge on any atom is -0.505 e. The predicted molar refractivity (Wildman–Crippen MR) is 293 cm³/mol. The van der Waals surface area contributed by atoms with Gasteiger partial charge in [-0.15, -0.1) is 23.5 Å². The number of amides is 8. The number of hydrogen-bond donors (Lipinski definition) is 6. The number of aromatic nitrogens is 2. The second kappa shape index (κ2) is 23.2. The van der Waals surface area contributed by atoms with E-state index in [1.807, 2.05) is 0 Å². The van der Waals surface area contributed by atoms with E-state index in [0.717, 1.165) is 26.5 Å². The summed E-state index contributed by atoms with van der Waals surface area (Å²) in [5, 5.41) is 32.9. The molecule has 0 unspecified atom stereocenters. The van der Waals surface area contributed by atoms with E-state index in [1.54, 1.807) is 69.3 Å². The van der Waals surface area contributed by atoms with Crippen LogP contribution in [-0.4, -0.2) is 204 Å². The summed E-state index contributed by atoms with van der Waals surface area (Å²) in [4.78, 5) is 159. The van der Waals surface area contributed by atoms with Gasteiger partial charge in [0, 0.05) is 44.7 Å². The number of nitrogens with zero attached hydrogens (tertiary/aromatic N) is 6. The van der Waals surface area contributed by atoms with Crippen molar-refractivity contribution in [2.24, 2.45) is 11.8 Å². The van der Waals surface area contributed by atoms with Gasteiger partial charge >= 0.3 is 11.9 Å². The zero-order chi connectivity index (χ0) is 58.3. The third-order valence-electron chi connectivity index (χ3n) is 15.5. The average molecular weight is 1140 g/mol. The van der Waals surface area contributed by atoms with Crippen molar-refractivity contribution in [1.29, 1.82) is 0 Å². The Morgan fingerprint density at radius 3 is 1.50 bits per heavy atom. The maximum absolute atomic E-state index is 15.5. The van der Waals surface area contributed by atoms with Gasteiger partial charge in [0.25, 0.3) is 11.8 Å². The van der Waals surface area contributed by atoms with Gasteiger partial charge in [-0.05, 0) is 68.5 Å². The van der Waals surface area contributed by atoms with Crippen LogP contribution >= 0.6 is 23.5 Å². The smallest absolute Gasteiger partial charge is 0.332 e. The molecule has 2 spiro atoms. The molecular weight excluding hydrogens is 1080 g/mol. The lowest BCUT2D eigenvalue weighted by atomic mass is 10.1. The second-order valence-corrected chi connectivity index (χ2v) is 23.6. The number of carbonyl (C=O) groups excluding carboxylic acids is 10. The molecule has 4 fully saturated rings. The number of cyclic esters (lactones) is 2. The molecule has 11 atom stereocenters. The lowest BCUT2D eigenvalue weighted by molar-refractivity contribution is -0.161. The molecule has 2 aliphatic heterocycles. The van der Waals surface area contributed by atoms with Crippen molar-refractivity contribution < 1.29 is 67.6 Å². The van der Waals surface area contributed by atoms with Gasteiger partial charge in [0.2, 0.25) is 35.4 Å². The fourth-order valence-electron chi connectivity index (χ4n) is 10.4. The molecule has 8 amide bonds. The number of para-hydroxylation sites is 2. The van der Waals surface area contributed by atoms with Gasteiger partial charge in [-0.25, -0.2) is 19.6 Å². The SMILES string of the molecule is CCS[C@@H]1SC[C@H]2C(=O)N(C)[C@]3(C[C@@H]3C)C(=O)OC[C@@H](NC(=O)c3nc4ccccc4cc3O)C(=O)N[C@@H](C)C(=O)N(C)[C@@H]1C(=O)N(C)[C@]1(C[C@@H]1C)C(=O)OC[C@@H](NC(=O)c1nc3ccccc3cc1O)C(=O)N[C@@H](C)C(=O)N2C. The first-order valence-electron chi connectivity index (χ1n) is 25.9. The summed E-state index contributed by atoms with van der Waals surface area (Å²) in [6.07, 6.45) is 0.145. The number of aromatic hydroxyl groups is 2. The van der Waals surface area contributed by atoms with E-state index in [9.17, 15) is 48.6 Å². The number of pyridine rings is 2. The van der Waals surface area contributed by atoms with Gasteiger partial charge in [-0.2, -0.15) is 0 Å². The number of fused-ring (bicyclic) bond motifs is 6. The Balaban J connectivity index is 1.19. The standard InChI is InChI=1S/C54H64N10O14S2/c1-10-79-50-41-49(74)64(9)54(22-27(54)3)52(76)78-24-34(59-44(69)39-37(65)19-30-15-11-13-17-32(30)57-39)42(67)55-28(4)46(71)61(6)36(25-80-50)48(73)63(8)53(21-26(53)2)51(75)77-23-35(43(68)56-29(5)47(72)62(41)7)60-45(70)40-38(66)20-31-16-12-14-18-33(31)58-40/h11-20,26-29,34-36,41,50,65-66H,10,21-25H2,1-9H3,(H,55,67)(H,56,68)(H,59,69)(H,60,70)/t26-,27-,28-,29-,34+,35+,36-,41+,50+,53-,54-/m0/s1. The van der Waals surface area contributed by atoms with E-state index in [2.05, 4.69) is 31.2 Å². The van der Waals surface area contributed by atoms with Crippen molar-refractivity contribution in [3.63, 3.8) is 0 Å². The van der Waals surface area contributed by atoms with E-state index in [0.29, 0.717) is 27.6 Å². The summed E-state index contributed by atoms with van der Waals surface area (Å²) in [7, 11) is 5.37. The van der Waals surface area contributed by atoms with Crippen LogP contribution in [0.2, 0.25) is 0 Å². The molecule has 0 radical (unpaired) electrons. The Bertz CT molecular complexity index is 3210. The number of rotatable bonds is 6. The number of hydrogen-bond acceptors (Lipinski definition) is 18. The Hall–Kier alpha value is -7.74. The molecule has 4 aliphatic rings. The van der Waals surface area contributed by atoms with Gasteiger partial charge in [0.1, 0.15) is 72.0 Å². The Kier molecular flexibility index (Phi) is 16.9. The van der Waals surface area contributed by atoms with E-state index < -0.39 is 159 Å². The molecule has 80 heavy (non-hydrogen) atoms. The van der Waals surface area contributed by atoms with Crippen LogP contribution in [0.4, 0.5) is 0 Å². The first kappa shape index (κ1) is 58.4. The van der Waals surface area contributed by atoms with E-state index in [4.69, 9.17) is 9.47 Å². The van der Waals surface area contributed by atoms with Crippen LogP contribution in [0.3, 0.4) is 0 Å². The first-order chi connectivity index (χ1) is 37.9. The van der Waals surface area contributed by atoms with Crippen LogP contribution in [0.5, 0.6) is 11.5 Å². The molecule has 2 aliphatic carbocycles. The minimum atomic E-state index is -1.74. The van der Waals surface area contributed by atoms with Crippen molar-refractivity contribution >= 4 is 105 Å². The molecular formula is C54H64N10O14S2. The summed E-state index contributed by atoms with van der Waals surface area (Å²) >= 11 is 2.28. The van der Waals surface area contributed by atoms with Gasteiger partial charge < -0.3 is 60.6 Å². The lowest BCUT2D eigenvalue weighted by Crippen LogP contribution is -2.61. The monoisotopic (exact) mass is 1140 g/mol. The molecule has 4 heterocycles. The van der Waals surface area contributed by atoms with E-state index in [-0.39, 0.29) is 18.6 Å². The third kappa shape index (κ3) is 11.1. The largest absolute Gasteiger partial charge is 0.505 e. The molecule has 6 N–H and O–H groups in total. The number of benzene rings is 2. The first-order valence-corrected chi connectivity index (χ1v) is 28.0. The van der Waals surface area contributed by atoms with Crippen LogP contribution in [0.25, 0.3) is 21.8 Å². The Labute approximate surface area is 468 Å². The third-order valence-corrected chi connectivity index (χ3v) is 18.4. The summed E-state index contributed by atoms with van der Waals surface area (Å²) < 4.78 is 10.7. The van der Waals surface area contributed by atoms with Gasteiger partial charge in [-0.3, -0.25) is 38.4 Å². The zero-order valence-electron chi connectivity index (χ0n) is 45.5. The zero-order valence-corrected chi connectivity index (χ0v) is 47.1. The number of thioether (sulfide) groups is 2. The fourth-order valence-corrected chi connectivity index (χ4v) is 13.4. The summed E-state index contributed by atoms with van der Waals surface area (Å²) in [6, 6.07) is 6.62. The molecule has 24 nitrogen and oxygen atoms in total. The van der Waals surface area contributed by atoms with Gasteiger partial charge in [0.15, 0.2) is 11.4 Å². The highest BCUT2D eigenvalue weighted by atomic mass is 32.2. The van der Waals surface area contributed by atoms with Crippen molar-refractivity contribution in [3.05, 3.63) is 72.1 Å². The summed E-state index contributed by atoms with van der Waals surface area (Å²) in [6.45, 7) is 6.17. The normalized spacial score (nSPS) is 29.5. The number of likely N-dealkylation sites (N-methyl/N-ethyl adjacent to an activating group) is 4. The number of carbonyl (C=O) groups is 10. The number of ether oxygens (including phenoxy) is 2. The van der Waals surface area contributed by atoms with Crippen LogP contribution in [-0.2, 0) is 47.8 Å². The molecule has 426 valence electrons. The second-order valence-electron chi connectivity index (χ2n) is 20.7. The van der Waals surface area contributed by atoms with Crippen LogP contribution in [0.15, 0.2) is 60.7 Å². The minimum absolute atomic E-state index is 0.0710. The molecule has 4 aromatic rings. The van der Waals surface area contributed by atoms with Crippen molar-refractivity contribution in [1.82, 2.24) is 50.8 Å². The molecule has 2 saturated heterocycles. The average Bonchev–Trinajstić information content (AvgIpc) is 4.51. The van der Waals surface area contributed by atoms with Crippen LogP contribution in [0.1, 0.15) is 68.4 Å². The van der Waals surface area contributed by atoms with Crippen molar-refractivity contribution in [2.45, 2.75) is 99.4 Å². The number of nitrogens with one attached hydrogen (secondary N) is 4. The van der Waals surface area contributed by atoms with E-state index in [1.165, 1.54) is 70.8 Å². The molecule has 2 bridgehead atoms. The topological polar surface area (TPSA) is 316 Å². The number of esters is 2. The fraction of sp³-hybridized carbons (Fsp3) is 0.481. The Morgan fingerprint density at radius 1 is 0.662 bits per heavy atom. The Morgan fingerprint density at radius 2 is 1.07 bits per heavy atom. The van der Waals surface area contributed by atoms with Crippen LogP contribution in [0, 0.1) is 11.8 Å². The molecule has 2 saturated carbocycles. The van der Waals surface area contributed by atoms with Gasteiger partial charge in [-0.1, -0.05) is 57.2 Å². The molecule has 2 aromatic carbocycles. The highest BCUT2D eigenvalue weighted by Crippen LogP contribution is 2.51. The molecule has 26 heteroatoms. The highest BCUT2D eigenvalue weighted by Gasteiger charge is 2.65. The van der Waals surface area contributed by atoms with Crippen molar-refractivity contribution in [2.75, 3.05) is 52.9 Å². The van der Waals surface area contributed by atoms with E-state index >= 15 is 9.59 Å². The maximum atomic E-state index is 15.5. The summed E-state index contributed by atoms with van der Waals surface area (Å²) in [5.74, 6) is -11.3. The highest BCUT2D eigenvalue weighted by molar-refractivity contribution is 8.17. The quantitative estimate of drug-likeness (QED) is 0.148.